The van der Waals surface area contributed by atoms with E-state index >= 15 is 0 Å². The molecular formula is C68H46N2Si. The molecule has 2 nitrogen and oxygen atoms in total. The molecule has 2 aromatic heterocycles. The molecule has 0 spiro atoms. The average molecular weight is 924 g/mol. The van der Waals surface area contributed by atoms with Crippen molar-refractivity contribution in [1.29, 1.82) is 0 Å². The third-order valence-corrected chi connectivity index (χ3v) is 20.3. The normalized spacial score (nSPS) is 15.7. The van der Waals surface area contributed by atoms with Gasteiger partial charge in [0, 0.05) is 39.1 Å². The minimum Gasteiger partial charge on any atom is -0.309 e. The molecule has 2 atom stereocenters. The fourth-order valence-electron chi connectivity index (χ4n) is 12.9. The molecule has 3 heteroatoms. The Kier molecular flexibility index (Phi) is 7.78. The minimum absolute atomic E-state index is 0.119. The number of hydrogen-bond donors (Lipinski definition) is 0. The predicted octanol–water partition coefficient (Wildman–Crippen LogP) is 13.9. The van der Waals surface area contributed by atoms with Crippen molar-refractivity contribution >= 4 is 72.4 Å². The van der Waals surface area contributed by atoms with Crippen LogP contribution in [0.15, 0.2) is 267 Å². The first-order valence-corrected chi connectivity index (χ1v) is 26.5. The zero-order valence-corrected chi connectivity index (χ0v) is 39.6. The number of fused-ring (bicyclic) bond motifs is 6. The molecule has 2 bridgehead atoms. The van der Waals surface area contributed by atoms with E-state index in [-0.39, 0.29) is 36.0 Å². The standard InChI is InChI=1S/C68H46N2Si/c1-5-21-47(22-6-1)69-59-35-17-15-29-51(59)57-43-45(39-41-61(57)69)46-40-42-62-58(44-46)52-30-16-18-36-60(52)70(62)63-37-19-33-55-65-53-31-13-14-32-54(53)68(66(55)63)67-56(65)34-20-38-64(67)71(48-23-7-2-8-24-48,49-25-9-3-10-26-49)50-27-11-4-12-28-50/h1-44,65,68H/i2D,7D,8D,23D,24D. The van der Waals surface area contributed by atoms with Gasteiger partial charge in [-0.15, -0.1) is 0 Å². The molecule has 0 radical (unpaired) electrons. The van der Waals surface area contributed by atoms with E-state index in [4.69, 9.17) is 1.37 Å². The second-order valence-corrected chi connectivity index (χ2v) is 22.8. The average Bonchev–Trinajstić information content (AvgIpc) is 4.00. The number of hydrogen-bond acceptors (Lipinski definition) is 0. The first-order valence-electron chi connectivity index (χ1n) is 27.0. The van der Waals surface area contributed by atoms with E-state index in [2.05, 4.69) is 209 Å². The lowest BCUT2D eigenvalue weighted by molar-refractivity contribution is 0.752. The Morgan fingerprint density at radius 2 is 0.817 bits per heavy atom. The first kappa shape index (κ1) is 35.4. The van der Waals surface area contributed by atoms with Gasteiger partial charge in [-0.3, -0.25) is 0 Å². The van der Waals surface area contributed by atoms with Crippen molar-refractivity contribution in [3.8, 4) is 22.5 Å². The van der Waals surface area contributed by atoms with Crippen LogP contribution in [0.1, 0.15) is 52.1 Å². The Bertz CT molecular complexity index is 4480. The molecule has 3 aliphatic carbocycles. The van der Waals surface area contributed by atoms with Crippen molar-refractivity contribution < 1.29 is 6.85 Å². The monoisotopic (exact) mass is 923 g/mol. The zero-order chi connectivity index (χ0) is 51.0. The van der Waals surface area contributed by atoms with Gasteiger partial charge in [0.05, 0.1) is 34.6 Å². The largest absolute Gasteiger partial charge is 0.309 e. The van der Waals surface area contributed by atoms with Gasteiger partial charge in [-0.25, -0.2) is 0 Å². The van der Waals surface area contributed by atoms with Crippen LogP contribution in [-0.4, -0.2) is 17.2 Å². The molecule has 71 heavy (non-hydrogen) atoms. The topological polar surface area (TPSA) is 9.86 Å². The highest BCUT2D eigenvalue weighted by Crippen LogP contribution is 2.57. The highest BCUT2D eigenvalue weighted by atomic mass is 28.3. The molecule has 13 aromatic rings. The minimum atomic E-state index is -3.80. The van der Waals surface area contributed by atoms with Crippen LogP contribution < -0.4 is 20.7 Å². The predicted molar refractivity (Wildman–Crippen MR) is 299 cm³/mol. The van der Waals surface area contributed by atoms with Crippen molar-refractivity contribution in [2.24, 2.45) is 0 Å². The van der Waals surface area contributed by atoms with Gasteiger partial charge in [-0.2, -0.15) is 0 Å². The smallest absolute Gasteiger partial charge is 0.179 e. The van der Waals surface area contributed by atoms with Gasteiger partial charge < -0.3 is 9.13 Å². The summed E-state index contributed by atoms with van der Waals surface area (Å²) < 4.78 is 51.6. The van der Waals surface area contributed by atoms with E-state index in [1.165, 1.54) is 60.4 Å². The lowest BCUT2D eigenvalue weighted by atomic mass is 9.60. The number of nitrogens with zero attached hydrogens (tertiary/aromatic N) is 2. The van der Waals surface area contributed by atoms with Gasteiger partial charge in [0.2, 0.25) is 0 Å². The molecule has 0 saturated heterocycles. The van der Waals surface area contributed by atoms with E-state index in [0.29, 0.717) is 5.19 Å². The van der Waals surface area contributed by atoms with Crippen molar-refractivity contribution in [3.63, 3.8) is 0 Å². The van der Waals surface area contributed by atoms with E-state index in [0.717, 1.165) is 54.7 Å². The second kappa shape index (κ2) is 15.6. The summed E-state index contributed by atoms with van der Waals surface area (Å²) in [7, 11) is -3.80. The van der Waals surface area contributed by atoms with E-state index in [9.17, 15) is 5.48 Å². The van der Waals surface area contributed by atoms with E-state index < -0.39 is 14.1 Å². The molecule has 11 aromatic carbocycles. The Labute approximate surface area is 421 Å². The number of aromatic nitrogens is 2. The van der Waals surface area contributed by atoms with Gasteiger partial charge >= 0.3 is 0 Å². The van der Waals surface area contributed by atoms with Gasteiger partial charge in [-0.1, -0.05) is 212 Å². The third kappa shape index (κ3) is 5.70. The van der Waals surface area contributed by atoms with Gasteiger partial charge in [0.15, 0.2) is 8.07 Å². The molecule has 16 rings (SSSR count). The quantitative estimate of drug-likeness (QED) is 0.111. The van der Waals surface area contributed by atoms with Crippen molar-refractivity contribution in [2.75, 3.05) is 0 Å². The summed E-state index contributed by atoms with van der Waals surface area (Å²) in [4.78, 5) is 0. The molecule has 0 aliphatic heterocycles. The van der Waals surface area contributed by atoms with Crippen LogP contribution in [0, 0.1) is 0 Å². The fraction of sp³-hybridized carbons (Fsp3) is 0.0294. The molecule has 0 amide bonds. The summed E-state index contributed by atoms with van der Waals surface area (Å²) in [5.41, 5.74) is 16.4. The molecule has 0 saturated carbocycles. The number of rotatable bonds is 7. The highest BCUT2D eigenvalue weighted by molar-refractivity contribution is 7.20. The zero-order valence-electron chi connectivity index (χ0n) is 43.6. The third-order valence-electron chi connectivity index (χ3n) is 15.7. The lowest BCUT2D eigenvalue weighted by Crippen LogP contribution is -2.75. The van der Waals surface area contributed by atoms with Gasteiger partial charge in [-0.05, 0) is 120 Å². The molecule has 3 aliphatic rings. The summed E-state index contributed by atoms with van der Waals surface area (Å²) in [6.07, 6.45) is 0. The SMILES string of the molecule is [2H]c1c([2H])c([2H])c([Si](c2ccccc2)(c2ccccc2)c2cccc3c2C2c4ccccc4C3c3cccc(-n4c5ccccc5c5cc(-c6ccc7c(c6)c6ccccc6n7-c6ccccc6)ccc54)c32)c([2H])c1[2H]. The Balaban J connectivity index is 0.982. The Morgan fingerprint density at radius 1 is 0.338 bits per heavy atom. The molecule has 2 unspecified atom stereocenters. The van der Waals surface area contributed by atoms with Crippen molar-refractivity contribution in [2.45, 2.75) is 11.8 Å². The summed E-state index contributed by atoms with van der Waals surface area (Å²) >= 11 is 0. The van der Waals surface area contributed by atoms with Crippen LogP contribution in [0.25, 0.3) is 66.1 Å². The van der Waals surface area contributed by atoms with Crippen LogP contribution in [0.4, 0.5) is 0 Å². The van der Waals surface area contributed by atoms with Crippen LogP contribution >= 0.6 is 0 Å². The Morgan fingerprint density at radius 3 is 1.45 bits per heavy atom. The molecule has 332 valence electrons. The highest BCUT2D eigenvalue weighted by Gasteiger charge is 2.50. The van der Waals surface area contributed by atoms with Crippen molar-refractivity contribution in [1.82, 2.24) is 9.13 Å². The number of benzene rings is 11. The number of para-hydroxylation sites is 3. The molecule has 0 N–H and O–H groups in total. The van der Waals surface area contributed by atoms with Crippen LogP contribution in [0.2, 0.25) is 0 Å². The second-order valence-electron chi connectivity index (χ2n) is 19.1. The Hall–Kier alpha value is -8.76. The van der Waals surface area contributed by atoms with Gasteiger partial charge in [0.1, 0.15) is 0 Å². The molecule has 2 heterocycles. The first-order chi connectivity index (χ1) is 37.3. The maximum absolute atomic E-state index is 9.83. The van der Waals surface area contributed by atoms with Crippen molar-refractivity contribution in [3.05, 3.63) is 300 Å². The lowest BCUT2D eigenvalue weighted by Gasteiger charge is -2.46. The van der Waals surface area contributed by atoms with Gasteiger partial charge in [0.25, 0.3) is 0 Å². The van der Waals surface area contributed by atoms with E-state index in [1.807, 2.05) is 36.4 Å². The fourth-order valence-corrected chi connectivity index (χ4v) is 17.7. The summed E-state index contributed by atoms with van der Waals surface area (Å²) in [5, 5.41) is 8.07. The van der Waals surface area contributed by atoms with Crippen LogP contribution in [-0.2, 0) is 0 Å². The van der Waals surface area contributed by atoms with E-state index in [1.54, 1.807) is 0 Å². The summed E-state index contributed by atoms with van der Waals surface area (Å²) in [5.74, 6) is -0.380. The maximum atomic E-state index is 9.83. The van der Waals surface area contributed by atoms with Crippen LogP contribution in [0.5, 0.6) is 0 Å². The van der Waals surface area contributed by atoms with Crippen LogP contribution in [0.3, 0.4) is 0 Å². The molecular weight excluding hydrogens is 873 g/mol. The molecule has 0 fully saturated rings. The maximum Gasteiger partial charge on any atom is 0.179 e. The summed E-state index contributed by atoms with van der Waals surface area (Å²) in [6, 6.07) is 83.4. The summed E-state index contributed by atoms with van der Waals surface area (Å²) in [6.45, 7) is 0.